The van der Waals surface area contributed by atoms with Gasteiger partial charge in [0, 0.05) is 16.0 Å². The van der Waals surface area contributed by atoms with Crippen LogP contribution in [-0.4, -0.2) is 4.98 Å². The second-order valence-corrected chi connectivity index (χ2v) is 3.29. The van der Waals surface area contributed by atoms with Gasteiger partial charge in [0.15, 0.2) is 0 Å². The predicted molar refractivity (Wildman–Crippen MR) is 64.0 cm³/mol. The number of pyridine rings is 1. The number of fused-ring (bicyclic) bond motifs is 1. The summed E-state index contributed by atoms with van der Waals surface area (Å²) in [5.41, 5.74) is -0.100. The highest BCUT2D eigenvalue weighted by atomic mass is 16.1. The molecule has 0 fully saturated rings. The lowest BCUT2D eigenvalue weighted by Crippen LogP contribution is -2.33. The fourth-order valence-electron chi connectivity index (χ4n) is 1.66. The van der Waals surface area contributed by atoms with Crippen molar-refractivity contribution in [3.63, 3.8) is 0 Å². The number of rotatable bonds is 1. The zero-order valence-corrected chi connectivity index (χ0v) is 8.29. The van der Waals surface area contributed by atoms with Crippen LogP contribution in [0.4, 0.5) is 0 Å². The van der Waals surface area contributed by atoms with Gasteiger partial charge in [-0.05, 0) is 11.5 Å². The molecule has 15 heavy (non-hydrogen) atoms. The maximum atomic E-state index is 11.6. The first-order chi connectivity index (χ1) is 7.24. The largest absolute Gasteiger partial charge is 0.322 e. The third-order valence-electron chi connectivity index (χ3n) is 2.34. The van der Waals surface area contributed by atoms with E-state index in [0.717, 1.165) is 10.6 Å². The molecule has 0 aliphatic heterocycles. The van der Waals surface area contributed by atoms with Gasteiger partial charge in [0.2, 0.25) is 0 Å². The van der Waals surface area contributed by atoms with Crippen LogP contribution in [0.3, 0.4) is 0 Å². The Morgan fingerprint density at radius 2 is 1.87 bits per heavy atom. The number of hydrogen-bond donors (Lipinski definition) is 1. The summed E-state index contributed by atoms with van der Waals surface area (Å²) in [6.07, 6.45) is 3.54. The first kappa shape index (κ1) is 9.46. The van der Waals surface area contributed by atoms with Gasteiger partial charge >= 0.3 is 0 Å². The van der Waals surface area contributed by atoms with Crippen molar-refractivity contribution < 1.29 is 0 Å². The van der Waals surface area contributed by atoms with Gasteiger partial charge in [-0.15, -0.1) is 0 Å². The van der Waals surface area contributed by atoms with Crippen molar-refractivity contribution in [3.05, 3.63) is 57.8 Å². The highest BCUT2D eigenvalue weighted by Gasteiger charge is 1.98. The summed E-state index contributed by atoms with van der Waals surface area (Å²) < 4.78 is 0. The molecular formula is C13H11NO. The molecule has 0 unspecified atom stereocenters. The SMILES string of the molecule is C=C/C=c1\c(=C)[nH]c(=O)c2ccccc12. The first-order valence-electron chi connectivity index (χ1n) is 4.67. The van der Waals surface area contributed by atoms with E-state index in [1.165, 1.54) is 0 Å². The van der Waals surface area contributed by atoms with Crippen LogP contribution in [0.5, 0.6) is 0 Å². The maximum absolute atomic E-state index is 11.6. The number of benzene rings is 1. The average molecular weight is 197 g/mol. The van der Waals surface area contributed by atoms with E-state index < -0.39 is 0 Å². The van der Waals surface area contributed by atoms with Crippen molar-refractivity contribution in [1.29, 1.82) is 0 Å². The summed E-state index contributed by atoms with van der Waals surface area (Å²) in [4.78, 5) is 14.3. The van der Waals surface area contributed by atoms with Gasteiger partial charge in [-0.3, -0.25) is 4.79 Å². The van der Waals surface area contributed by atoms with Crippen LogP contribution in [0.2, 0.25) is 0 Å². The smallest absolute Gasteiger partial charge is 0.256 e. The van der Waals surface area contributed by atoms with Crippen LogP contribution in [0.1, 0.15) is 0 Å². The quantitative estimate of drug-likeness (QED) is 0.724. The summed E-state index contributed by atoms with van der Waals surface area (Å²) in [5, 5.41) is 3.13. The Morgan fingerprint density at radius 3 is 2.53 bits per heavy atom. The predicted octanol–water partition coefficient (Wildman–Crippen LogP) is 0.905. The van der Waals surface area contributed by atoms with E-state index in [1.54, 1.807) is 12.1 Å². The molecule has 0 radical (unpaired) electrons. The summed E-state index contributed by atoms with van der Waals surface area (Å²) in [7, 11) is 0. The number of hydrogen-bond acceptors (Lipinski definition) is 1. The molecule has 2 heteroatoms. The van der Waals surface area contributed by atoms with Crippen LogP contribution in [0.15, 0.2) is 41.7 Å². The van der Waals surface area contributed by atoms with Crippen molar-refractivity contribution in [2.75, 3.05) is 0 Å². The summed E-state index contributed by atoms with van der Waals surface area (Å²) in [5.74, 6) is 0. The number of allylic oxidation sites excluding steroid dienone is 1. The molecule has 0 amide bonds. The maximum Gasteiger partial charge on any atom is 0.256 e. The summed E-state index contributed by atoms with van der Waals surface area (Å²) >= 11 is 0. The fourth-order valence-corrected chi connectivity index (χ4v) is 1.66. The van der Waals surface area contributed by atoms with Gasteiger partial charge in [-0.2, -0.15) is 0 Å². The highest BCUT2D eigenvalue weighted by molar-refractivity contribution is 5.82. The number of nitrogens with one attached hydrogen (secondary N) is 1. The van der Waals surface area contributed by atoms with Gasteiger partial charge in [-0.25, -0.2) is 0 Å². The Bertz CT molecular complexity index is 680. The van der Waals surface area contributed by atoms with Gasteiger partial charge in [0.25, 0.3) is 5.56 Å². The van der Waals surface area contributed by atoms with E-state index in [-0.39, 0.29) is 5.56 Å². The lowest BCUT2D eigenvalue weighted by molar-refractivity contribution is 1.20. The minimum Gasteiger partial charge on any atom is -0.322 e. The lowest BCUT2D eigenvalue weighted by Gasteiger charge is -1.97. The van der Waals surface area contributed by atoms with E-state index >= 15 is 0 Å². The Balaban J connectivity index is 3.18. The molecule has 1 heterocycles. The van der Waals surface area contributed by atoms with Gasteiger partial charge in [0.1, 0.15) is 0 Å². The van der Waals surface area contributed by atoms with Crippen molar-refractivity contribution >= 4 is 23.4 Å². The van der Waals surface area contributed by atoms with E-state index in [1.807, 2.05) is 24.3 Å². The Labute approximate surface area is 86.9 Å². The Hall–Kier alpha value is -2.09. The number of aromatic amines is 1. The molecule has 0 atom stereocenters. The Morgan fingerprint density at radius 1 is 1.20 bits per heavy atom. The molecule has 74 valence electrons. The molecule has 0 saturated heterocycles. The second-order valence-electron chi connectivity index (χ2n) is 3.29. The fraction of sp³-hybridized carbons (Fsp3) is 0. The van der Waals surface area contributed by atoms with Crippen LogP contribution in [0.25, 0.3) is 23.4 Å². The summed E-state index contributed by atoms with van der Waals surface area (Å²) in [6.45, 7) is 7.47. The van der Waals surface area contributed by atoms with Gasteiger partial charge < -0.3 is 4.98 Å². The minimum absolute atomic E-state index is 0.100. The molecule has 1 aromatic heterocycles. The molecule has 2 nitrogen and oxygen atoms in total. The highest BCUT2D eigenvalue weighted by Crippen LogP contribution is 2.01. The third kappa shape index (κ3) is 1.50. The summed E-state index contributed by atoms with van der Waals surface area (Å²) in [6, 6.07) is 7.46. The van der Waals surface area contributed by atoms with E-state index in [0.29, 0.717) is 10.7 Å². The molecule has 0 aliphatic rings. The average Bonchev–Trinajstić information content (AvgIpc) is 2.24. The topological polar surface area (TPSA) is 32.9 Å². The molecule has 1 aromatic carbocycles. The first-order valence-corrected chi connectivity index (χ1v) is 4.67. The molecule has 2 rings (SSSR count). The van der Waals surface area contributed by atoms with Crippen LogP contribution in [-0.2, 0) is 0 Å². The molecule has 0 bridgehead atoms. The molecule has 0 spiro atoms. The van der Waals surface area contributed by atoms with Crippen LogP contribution < -0.4 is 16.1 Å². The van der Waals surface area contributed by atoms with Crippen molar-refractivity contribution in [3.8, 4) is 0 Å². The number of H-pyrrole nitrogens is 1. The Kier molecular flexibility index (Phi) is 2.26. The molecule has 1 N–H and O–H groups in total. The molecule has 0 aliphatic carbocycles. The molecular weight excluding hydrogens is 186 g/mol. The zero-order valence-electron chi connectivity index (χ0n) is 8.29. The van der Waals surface area contributed by atoms with Crippen molar-refractivity contribution in [2.45, 2.75) is 0 Å². The standard InChI is InChI=1S/C13H11NO/c1-3-6-10-9(2)14-13(15)12-8-5-4-7-11(10)12/h3-8H,1-2H2,(H,14,15)/b10-6+. The van der Waals surface area contributed by atoms with Crippen LogP contribution >= 0.6 is 0 Å². The van der Waals surface area contributed by atoms with Crippen molar-refractivity contribution in [2.24, 2.45) is 0 Å². The van der Waals surface area contributed by atoms with Gasteiger partial charge in [0.05, 0.1) is 0 Å². The van der Waals surface area contributed by atoms with E-state index in [4.69, 9.17) is 0 Å². The van der Waals surface area contributed by atoms with E-state index in [2.05, 4.69) is 18.1 Å². The minimum atomic E-state index is -0.100. The van der Waals surface area contributed by atoms with Gasteiger partial charge in [-0.1, -0.05) is 43.5 Å². The zero-order chi connectivity index (χ0) is 10.8. The molecule has 0 saturated carbocycles. The monoisotopic (exact) mass is 197 g/mol. The van der Waals surface area contributed by atoms with Crippen molar-refractivity contribution in [1.82, 2.24) is 4.98 Å². The third-order valence-corrected chi connectivity index (χ3v) is 2.34. The second kappa shape index (κ2) is 3.58. The lowest BCUT2D eigenvalue weighted by atomic mass is 10.1. The number of aromatic nitrogens is 1. The normalized spacial score (nSPS) is 11.9. The van der Waals surface area contributed by atoms with E-state index in [9.17, 15) is 4.79 Å². The van der Waals surface area contributed by atoms with Crippen LogP contribution in [0, 0.1) is 0 Å². The molecule has 2 aromatic rings.